The molecule has 0 aliphatic heterocycles. The van der Waals surface area contributed by atoms with Gasteiger partial charge in [-0.15, -0.1) is 0 Å². The van der Waals surface area contributed by atoms with Gasteiger partial charge in [-0.1, -0.05) is 11.8 Å². The molecule has 2 aromatic heterocycles. The zero-order valence-electron chi connectivity index (χ0n) is 11.0. The molecule has 7 heteroatoms. The van der Waals surface area contributed by atoms with E-state index in [1.807, 2.05) is 12.3 Å². The lowest BCUT2D eigenvalue weighted by Gasteiger charge is -2.29. The molecule has 0 saturated heterocycles. The van der Waals surface area contributed by atoms with Crippen molar-refractivity contribution in [3.8, 4) is 6.07 Å². The molecule has 0 atom stereocenters. The summed E-state index contributed by atoms with van der Waals surface area (Å²) < 4.78 is 1.62. The maximum absolute atomic E-state index is 12.5. The molecule has 1 aliphatic carbocycles. The normalized spacial score (nSPS) is 15.0. The van der Waals surface area contributed by atoms with Gasteiger partial charge in [-0.05, 0) is 25.5 Å². The van der Waals surface area contributed by atoms with Crippen LogP contribution in [0.5, 0.6) is 0 Å². The van der Waals surface area contributed by atoms with Crippen molar-refractivity contribution < 1.29 is 0 Å². The Kier molecular flexibility index (Phi) is 3.10. The number of nitrogens with zero attached hydrogens (tertiary/aromatic N) is 4. The molecular formula is C13H13N5OS. The van der Waals surface area contributed by atoms with Crippen molar-refractivity contribution >= 4 is 28.5 Å². The summed E-state index contributed by atoms with van der Waals surface area (Å²) in [6.07, 6.45) is 6.43. The van der Waals surface area contributed by atoms with E-state index in [1.54, 1.807) is 10.8 Å². The minimum absolute atomic E-state index is 0.00935. The molecule has 1 aliphatic rings. The number of fused-ring (bicyclic) bond motifs is 1. The first-order valence-corrected chi connectivity index (χ1v) is 7.54. The van der Waals surface area contributed by atoms with Crippen molar-refractivity contribution in [3.05, 3.63) is 22.1 Å². The van der Waals surface area contributed by atoms with Crippen LogP contribution in [0.2, 0.25) is 0 Å². The first-order chi connectivity index (χ1) is 9.67. The number of pyridine rings is 1. The second kappa shape index (κ2) is 4.80. The van der Waals surface area contributed by atoms with E-state index in [1.165, 1.54) is 11.8 Å². The number of nitrogens with two attached hydrogens (primary N) is 1. The summed E-state index contributed by atoms with van der Waals surface area (Å²) >= 11 is 1.41. The Hall–Kier alpha value is -2.07. The highest BCUT2D eigenvalue weighted by Gasteiger charge is 2.26. The summed E-state index contributed by atoms with van der Waals surface area (Å²) in [5.74, 6) is 0. The molecule has 0 bridgehead atoms. The number of thioether (sulfide) groups is 1. The van der Waals surface area contributed by atoms with Crippen LogP contribution in [0.3, 0.4) is 0 Å². The summed E-state index contributed by atoms with van der Waals surface area (Å²) in [5.41, 5.74) is 6.29. The van der Waals surface area contributed by atoms with Crippen molar-refractivity contribution in [2.75, 3.05) is 12.0 Å². The van der Waals surface area contributed by atoms with Gasteiger partial charge in [0.2, 0.25) is 0 Å². The Balaban J connectivity index is 2.43. The molecule has 2 aromatic rings. The average Bonchev–Trinajstić information content (AvgIpc) is 2.41. The topological polar surface area (TPSA) is 97.6 Å². The van der Waals surface area contributed by atoms with Gasteiger partial charge in [0.1, 0.15) is 17.3 Å². The molecule has 1 saturated carbocycles. The summed E-state index contributed by atoms with van der Waals surface area (Å²) in [7, 11) is 0. The fraction of sp³-hybridized carbons (Fsp3) is 0.385. The van der Waals surface area contributed by atoms with Gasteiger partial charge >= 0.3 is 0 Å². The van der Waals surface area contributed by atoms with Crippen LogP contribution in [-0.4, -0.2) is 20.8 Å². The van der Waals surface area contributed by atoms with Crippen molar-refractivity contribution in [1.82, 2.24) is 14.5 Å². The second-order valence-electron chi connectivity index (χ2n) is 4.75. The molecule has 2 N–H and O–H groups in total. The van der Waals surface area contributed by atoms with E-state index >= 15 is 0 Å². The maximum Gasteiger partial charge on any atom is 0.272 e. The van der Waals surface area contributed by atoms with Gasteiger partial charge in [0.25, 0.3) is 5.56 Å². The molecule has 0 radical (unpaired) electrons. The van der Waals surface area contributed by atoms with Gasteiger partial charge in [0.15, 0.2) is 5.16 Å². The van der Waals surface area contributed by atoms with Gasteiger partial charge < -0.3 is 5.73 Å². The Morgan fingerprint density at radius 3 is 2.85 bits per heavy atom. The Labute approximate surface area is 119 Å². The first kappa shape index (κ1) is 12.9. The highest BCUT2D eigenvalue weighted by atomic mass is 32.2. The highest BCUT2D eigenvalue weighted by molar-refractivity contribution is 7.98. The molecule has 2 heterocycles. The zero-order valence-corrected chi connectivity index (χ0v) is 11.8. The van der Waals surface area contributed by atoms with Crippen LogP contribution < -0.4 is 11.3 Å². The zero-order chi connectivity index (χ0) is 14.3. The number of anilines is 1. The lowest BCUT2D eigenvalue weighted by Crippen LogP contribution is -2.32. The fourth-order valence-electron chi connectivity index (χ4n) is 2.39. The van der Waals surface area contributed by atoms with Crippen LogP contribution in [0, 0.1) is 11.3 Å². The Morgan fingerprint density at radius 2 is 2.30 bits per heavy atom. The van der Waals surface area contributed by atoms with Crippen molar-refractivity contribution in [2.24, 2.45) is 0 Å². The molecular weight excluding hydrogens is 274 g/mol. The fourth-order valence-corrected chi connectivity index (χ4v) is 2.72. The highest BCUT2D eigenvalue weighted by Crippen LogP contribution is 2.34. The van der Waals surface area contributed by atoms with Gasteiger partial charge in [-0.2, -0.15) is 5.26 Å². The number of hydrogen-bond acceptors (Lipinski definition) is 6. The van der Waals surface area contributed by atoms with E-state index in [4.69, 9.17) is 11.0 Å². The summed E-state index contributed by atoms with van der Waals surface area (Å²) in [4.78, 5) is 21.1. The van der Waals surface area contributed by atoms with E-state index < -0.39 is 0 Å². The molecule has 3 rings (SSSR count). The minimum atomic E-state index is -0.340. The van der Waals surface area contributed by atoms with E-state index in [2.05, 4.69) is 9.97 Å². The predicted molar refractivity (Wildman–Crippen MR) is 77.6 cm³/mol. The number of hydrogen-bond donors (Lipinski definition) is 1. The molecule has 102 valence electrons. The lowest BCUT2D eigenvalue weighted by atomic mass is 9.92. The molecule has 6 nitrogen and oxygen atoms in total. The number of nitrogen functional groups attached to an aromatic ring is 1. The lowest BCUT2D eigenvalue weighted by molar-refractivity contribution is 0.313. The average molecular weight is 287 g/mol. The predicted octanol–water partition coefficient (Wildman–Crippen LogP) is 1.69. The van der Waals surface area contributed by atoms with Crippen LogP contribution in [0.15, 0.2) is 16.1 Å². The Bertz CT molecular complexity index is 788. The molecule has 0 spiro atoms. The van der Waals surface area contributed by atoms with Gasteiger partial charge in [-0.3, -0.25) is 9.36 Å². The van der Waals surface area contributed by atoms with Crippen LogP contribution in [0.25, 0.3) is 11.0 Å². The van der Waals surface area contributed by atoms with Crippen molar-refractivity contribution in [1.29, 1.82) is 5.26 Å². The third-order valence-electron chi connectivity index (χ3n) is 3.70. The van der Waals surface area contributed by atoms with Gasteiger partial charge in [-0.25, -0.2) is 9.97 Å². The third kappa shape index (κ3) is 1.76. The smallest absolute Gasteiger partial charge is 0.272 e. The summed E-state index contributed by atoms with van der Waals surface area (Å²) in [5, 5.41) is 10.3. The largest absolute Gasteiger partial charge is 0.397 e. The molecule has 0 unspecified atom stereocenters. The number of nitriles is 1. The SMILES string of the molecule is CSc1ncc2c(N)c(C#N)c(=O)n(C3CCC3)c2n1. The molecule has 0 amide bonds. The van der Waals surface area contributed by atoms with E-state index in [0.717, 1.165) is 19.3 Å². The summed E-state index contributed by atoms with van der Waals surface area (Å²) in [6, 6.07) is 2.02. The number of rotatable bonds is 2. The molecule has 0 aromatic carbocycles. The van der Waals surface area contributed by atoms with E-state index in [-0.39, 0.29) is 22.9 Å². The van der Waals surface area contributed by atoms with E-state index in [0.29, 0.717) is 16.2 Å². The van der Waals surface area contributed by atoms with Gasteiger partial charge in [0.05, 0.1) is 11.1 Å². The first-order valence-electron chi connectivity index (χ1n) is 6.32. The van der Waals surface area contributed by atoms with Crippen LogP contribution in [0.4, 0.5) is 5.69 Å². The molecule has 1 fully saturated rings. The van der Waals surface area contributed by atoms with Crippen molar-refractivity contribution in [2.45, 2.75) is 30.5 Å². The number of aromatic nitrogens is 3. The summed E-state index contributed by atoms with van der Waals surface area (Å²) in [6.45, 7) is 0. The maximum atomic E-state index is 12.5. The van der Waals surface area contributed by atoms with Crippen LogP contribution in [-0.2, 0) is 0 Å². The standard InChI is InChI=1S/C13H13N5OS/c1-20-13-16-6-9-10(15)8(5-14)12(19)18(11(9)17-13)7-3-2-4-7/h6-7H,2-4,15H2,1H3. The Morgan fingerprint density at radius 1 is 1.55 bits per heavy atom. The van der Waals surface area contributed by atoms with Crippen LogP contribution >= 0.6 is 11.8 Å². The minimum Gasteiger partial charge on any atom is -0.397 e. The van der Waals surface area contributed by atoms with E-state index in [9.17, 15) is 4.79 Å². The second-order valence-corrected chi connectivity index (χ2v) is 5.53. The molecule has 20 heavy (non-hydrogen) atoms. The van der Waals surface area contributed by atoms with Crippen molar-refractivity contribution in [3.63, 3.8) is 0 Å². The monoisotopic (exact) mass is 287 g/mol. The van der Waals surface area contributed by atoms with Gasteiger partial charge in [0, 0.05) is 12.2 Å². The van der Waals surface area contributed by atoms with Crippen LogP contribution in [0.1, 0.15) is 30.9 Å². The third-order valence-corrected chi connectivity index (χ3v) is 4.26. The quantitative estimate of drug-likeness (QED) is 0.666.